The Bertz CT molecular complexity index is 800. The van der Waals surface area contributed by atoms with E-state index in [1.807, 2.05) is 13.8 Å². The second-order valence-corrected chi connectivity index (χ2v) is 7.45. The van der Waals surface area contributed by atoms with Crippen molar-refractivity contribution >= 4 is 23.4 Å². The number of amides is 1. The van der Waals surface area contributed by atoms with E-state index >= 15 is 0 Å². The van der Waals surface area contributed by atoms with Gasteiger partial charge in [0.25, 0.3) is 0 Å². The molecule has 140 valence electrons. The number of alkyl halides is 3. The summed E-state index contributed by atoms with van der Waals surface area (Å²) in [4.78, 5) is 12.1. The second-order valence-electron chi connectivity index (χ2n) is 6.51. The molecule has 2 aromatic rings. The van der Waals surface area contributed by atoms with Crippen molar-refractivity contribution in [1.82, 2.24) is 14.8 Å². The highest BCUT2D eigenvalue weighted by Crippen LogP contribution is 2.40. The van der Waals surface area contributed by atoms with E-state index in [2.05, 4.69) is 20.1 Å². The number of thioether (sulfide) groups is 1. The maximum atomic E-state index is 12.7. The average Bonchev–Trinajstić information content (AvgIpc) is 3.31. The predicted octanol–water partition coefficient (Wildman–Crippen LogP) is 4.49. The summed E-state index contributed by atoms with van der Waals surface area (Å²) in [6, 6.07) is 4.98. The summed E-state index contributed by atoms with van der Waals surface area (Å²) in [5, 5.41) is 11.6. The molecule has 1 heterocycles. The van der Waals surface area contributed by atoms with E-state index in [-0.39, 0.29) is 23.3 Å². The lowest BCUT2D eigenvalue weighted by atomic mass is 10.2. The van der Waals surface area contributed by atoms with Gasteiger partial charge in [0.1, 0.15) is 5.82 Å². The van der Waals surface area contributed by atoms with Gasteiger partial charge in [0.15, 0.2) is 5.16 Å². The highest BCUT2D eigenvalue weighted by molar-refractivity contribution is 7.99. The predicted molar refractivity (Wildman–Crippen MR) is 93.2 cm³/mol. The Morgan fingerprint density at radius 2 is 2.08 bits per heavy atom. The van der Waals surface area contributed by atoms with E-state index in [4.69, 9.17) is 0 Å². The van der Waals surface area contributed by atoms with Crippen molar-refractivity contribution in [2.75, 3.05) is 11.1 Å². The Morgan fingerprint density at radius 1 is 1.35 bits per heavy atom. The lowest BCUT2D eigenvalue weighted by Crippen LogP contribution is -2.15. The summed E-state index contributed by atoms with van der Waals surface area (Å²) in [5.41, 5.74) is -0.671. The summed E-state index contributed by atoms with van der Waals surface area (Å²) >= 11 is 1.25. The van der Waals surface area contributed by atoms with Crippen molar-refractivity contribution in [2.24, 2.45) is 0 Å². The fraction of sp³-hybridized carbons (Fsp3) is 0.471. The Labute approximate surface area is 153 Å². The zero-order valence-corrected chi connectivity index (χ0v) is 15.2. The number of hydrogen-bond donors (Lipinski definition) is 1. The summed E-state index contributed by atoms with van der Waals surface area (Å²) in [5.74, 6) is 0.801. The molecule has 0 aliphatic heterocycles. The first-order valence-corrected chi connectivity index (χ1v) is 9.29. The zero-order valence-electron chi connectivity index (χ0n) is 14.4. The normalized spacial score (nSPS) is 14.7. The number of anilines is 1. The minimum absolute atomic E-state index is 0.0548. The average molecular weight is 384 g/mol. The maximum absolute atomic E-state index is 12.7. The maximum Gasteiger partial charge on any atom is 0.416 e. The fourth-order valence-electron chi connectivity index (χ4n) is 2.56. The van der Waals surface area contributed by atoms with Gasteiger partial charge < -0.3 is 9.88 Å². The van der Waals surface area contributed by atoms with Crippen LogP contribution in [0, 0.1) is 0 Å². The molecule has 0 saturated heterocycles. The Balaban J connectivity index is 1.63. The number of hydrogen-bond acceptors (Lipinski definition) is 4. The van der Waals surface area contributed by atoms with Crippen LogP contribution in [0.3, 0.4) is 0 Å². The lowest BCUT2D eigenvalue weighted by molar-refractivity contribution is -0.137. The van der Waals surface area contributed by atoms with Crippen LogP contribution >= 0.6 is 11.8 Å². The molecule has 5 nitrogen and oxygen atoms in total. The fourth-order valence-corrected chi connectivity index (χ4v) is 3.37. The van der Waals surface area contributed by atoms with E-state index in [1.165, 1.54) is 23.9 Å². The number of carbonyl (C=O) groups is 1. The van der Waals surface area contributed by atoms with Gasteiger partial charge in [0.05, 0.1) is 11.3 Å². The Kier molecular flexibility index (Phi) is 5.27. The molecule has 1 amide bonds. The number of nitrogens with one attached hydrogen (secondary N) is 1. The van der Waals surface area contributed by atoms with E-state index in [0.29, 0.717) is 11.2 Å². The summed E-state index contributed by atoms with van der Waals surface area (Å²) in [7, 11) is 0. The molecule has 3 rings (SSSR count). The first-order chi connectivity index (χ1) is 12.3. The molecule has 1 aromatic heterocycles. The number of halogens is 3. The van der Waals surface area contributed by atoms with Crippen LogP contribution in [0.4, 0.5) is 18.9 Å². The second kappa shape index (κ2) is 7.30. The first-order valence-electron chi connectivity index (χ1n) is 8.30. The van der Waals surface area contributed by atoms with E-state index < -0.39 is 11.7 Å². The summed E-state index contributed by atoms with van der Waals surface area (Å²) in [6.07, 6.45) is -2.30. The van der Waals surface area contributed by atoms with Gasteiger partial charge in [0, 0.05) is 17.6 Å². The van der Waals surface area contributed by atoms with E-state index in [0.717, 1.165) is 30.8 Å². The van der Waals surface area contributed by atoms with E-state index in [9.17, 15) is 18.0 Å². The SMILES string of the molecule is CC(C)c1nnc(SCC(=O)Nc2cccc(C(F)(F)F)c2)n1C1CC1. The third kappa shape index (κ3) is 4.38. The summed E-state index contributed by atoms with van der Waals surface area (Å²) < 4.78 is 40.3. The number of carbonyl (C=O) groups excluding carboxylic acids is 1. The molecule has 1 aromatic carbocycles. The van der Waals surface area contributed by atoms with Crippen molar-refractivity contribution in [3.8, 4) is 0 Å². The molecule has 0 atom stereocenters. The first kappa shape index (κ1) is 18.8. The zero-order chi connectivity index (χ0) is 18.9. The summed E-state index contributed by atoms with van der Waals surface area (Å²) in [6.45, 7) is 4.08. The molecule has 1 aliphatic carbocycles. The highest BCUT2D eigenvalue weighted by Gasteiger charge is 2.31. The van der Waals surface area contributed by atoms with Gasteiger partial charge in [-0.2, -0.15) is 13.2 Å². The van der Waals surface area contributed by atoms with Gasteiger partial charge in [-0.1, -0.05) is 31.7 Å². The molecule has 26 heavy (non-hydrogen) atoms. The Hall–Kier alpha value is -2.03. The van der Waals surface area contributed by atoms with Crippen LogP contribution < -0.4 is 5.32 Å². The van der Waals surface area contributed by atoms with Crippen LogP contribution in [0.5, 0.6) is 0 Å². The molecular weight excluding hydrogens is 365 g/mol. The number of benzene rings is 1. The minimum Gasteiger partial charge on any atom is -0.325 e. The topological polar surface area (TPSA) is 59.8 Å². The van der Waals surface area contributed by atoms with Gasteiger partial charge in [-0.15, -0.1) is 10.2 Å². The minimum atomic E-state index is -4.44. The molecule has 1 aliphatic rings. The number of nitrogens with zero attached hydrogens (tertiary/aromatic N) is 3. The van der Waals surface area contributed by atoms with Gasteiger partial charge in [-0.3, -0.25) is 4.79 Å². The van der Waals surface area contributed by atoms with Gasteiger partial charge >= 0.3 is 6.18 Å². The lowest BCUT2D eigenvalue weighted by Gasteiger charge is -2.11. The molecule has 1 saturated carbocycles. The van der Waals surface area contributed by atoms with Crippen molar-refractivity contribution in [3.05, 3.63) is 35.7 Å². The van der Waals surface area contributed by atoms with Crippen LogP contribution in [0.15, 0.2) is 29.4 Å². The quantitative estimate of drug-likeness (QED) is 0.746. The molecule has 0 spiro atoms. The third-order valence-electron chi connectivity index (χ3n) is 3.93. The number of rotatable bonds is 6. The molecule has 9 heteroatoms. The van der Waals surface area contributed by atoms with Crippen LogP contribution in [-0.2, 0) is 11.0 Å². The van der Waals surface area contributed by atoms with Gasteiger partial charge in [-0.25, -0.2) is 0 Å². The molecule has 1 N–H and O–H groups in total. The van der Waals surface area contributed by atoms with Crippen LogP contribution in [-0.4, -0.2) is 26.4 Å². The monoisotopic (exact) mass is 384 g/mol. The van der Waals surface area contributed by atoms with Crippen LogP contribution in [0.1, 0.15) is 50.0 Å². The van der Waals surface area contributed by atoms with Gasteiger partial charge in [0.2, 0.25) is 5.91 Å². The van der Waals surface area contributed by atoms with Gasteiger partial charge in [-0.05, 0) is 31.0 Å². The van der Waals surface area contributed by atoms with Crippen molar-refractivity contribution in [3.63, 3.8) is 0 Å². The molecule has 0 radical (unpaired) electrons. The molecular formula is C17H19F3N4OS. The molecule has 0 bridgehead atoms. The number of aromatic nitrogens is 3. The highest BCUT2D eigenvalue weighted by atomic mass is 32.2. The van der Waals surface area contributed by atoms with Crippen LogP contribution in [0.25, 0.3) is 0 Å². The van der Waals surface area contributed by atoms with E-state index in [1.54, 1.807) is 0 Å². The standard InChI is InChI=1S/C17H19F3N4OS/c1-10(2)15-22-23-16(24(15)13-6-7-13)26-9-14(25)21-12-5-3-4-11(8-12)17(18,19)20/h3-5,8,10,13H,6-7,9H2,1-2H3,(H,21,25). The molecule has 1 fully saturated rings. The van der Waals surface area contributed by atoms with Crippen molar-refractivity contribution < 1.29 is 18.0 Å². The van der Waals surface area contributed by atoms with Crippen molar-refractivity contribution in [2.45, 2.75) is 50.0 Å². The molecule has 0 unspecified atom stereocenters. The third-order valence-corrected chi connectivity index (χ3v) is 4.87. The Morgan fingerprint density at radius 3 is 2.69 bits per heavy atom. The largest absolute Gasteiger partial charge is 0.416 e. The smallest absolute Gasteiger partial charge is 0.325 e. The van der Waals surface area contributed by atoms with Crippen molar-refractivity contribution in [1.29, 1.82) is 0 Å². The van der Waals surface area contributed by atoms with Crippen LogP contribution in [0.2, 0.25) is 0 Å².